The van der Waals surface area contributed by atoms with Crippen molar-refractivity contribution in [1.82, 2.24) is 0 Å². The lowest BCUT2D eigenvalue weighted by Gasteiger charge is -2.25. The zero-order valence-corrected chi connectivity index (χ0v) is 16.9. The molecule has 0 saturated carbocycles. The highest BCUT2D eigenvalue weighted by atomic mass is 32.3. The van der Waals surface area contributed by atoms with Crippen molar-refractivity contribution < 1.29 is 22.1 Å². The van der Waals surface area contributed by atoms with E-state index in [9.17, 15) is 13.2 Å². The summed E-state index contributed by atoms with van der Waals surface area (Å²) in [6.07, 6.45) is 7.07. The summed E-state index contributed by atoms with van der Waals surface area (Å²) in [4.78, 5) is 4.04. The van der Waals surface area contributed by atoms with E-state index in [0.717, 1.165) is 12.1 Å². The molecule has 0 spiro atoms. The van der Waals surface area contributed by atoms with Gasteiger partial charge in [0, 0.05) is 17.8 Å². The van der Waals surface area contributed by atoms with Gasteiger partial charge in [0.1, 0.15) is 17.4 Å². The fourth-order valence-corrected chi connectivity index (χ4v) is 2.46. The van der Waals surface area contributed by atoms with Gasteiger partial charge in [0.05, 0.1) is 0 Å². The fourth-order valence-electron chi connectivity index (χ4n) is 1.84. The Morgan fingerprint density at radius 2 is 1.52 bits per heavy atom. The predicted octanol–water partition coefficient (Wildman–Crippen LogP) is 6.44. The fraction of sp³-hybridized carbons (Fsp3) is 0.250. The smallest absolute Gasteiger partial charge is 0.217 e. The second-order valence-electron chi connectivity index (χ2n) is 5.82. The maximum atomic E-state index is 13.7. The average Bonchev–Trinajstić information content (AvgIpc) is 2.57. The zero-order valence-electron chi connectivity index (χ0n) is 16.1. The van der Waals surface area contributed by atoms with Crippen molar-refractivity contribution in [3.05, 3.63) is 71.9 Å². The maximum absolute atomic E-state index is 13.7. The number of hydrogen-bond acceptors (Lipinski definition) is 3. The van der Waals surface area contributed by atoms with Gasteiger partial charge in [-0.05, 0) is 55.7 Å². The Morgan fingerprint density at radius 1 is 0.963 bits per heavy atom. The number of nitrogens with zero attached hydrogens (tertiary/aromatic N) is 1. The van der Waals surface area contributed by atoms with E-state index in [0.29, 0.717) is 6.07 Å². The van der Waals surface area contributed by atoms with Crippen molar-refractivity contribution in [3.8, 4) is 11.5 Å². The average molecular weight is 399 g/mol. The first-order valence-electron chi connectivity index (χ1n) is 8.17. The van der Waals surface area contributed by atoms with E-state index in [1.807, 2.05) is 32.6 Å². The first kappa shape index (κ1) is 22.6. The number of aliphatic imine (C=N–C) groups is 1. The molecule has 0 aliphatic carbocycles. The minimum Gasteiger partial charge on any atom is -0.454 e. The first-order chi connectivity index (χ1) is 12.6. The van der Waals surface area contributed by atoms with Crippen LogP contribution in [-0.2, 0) is 4.18 Å². The van der Waals surface area contributed by atoms with Gasteiger partial charge in [-0.15, -0.1) is 0 Å². The molecular formula is C20H24F3NO2S. The van der Waals surface area contributed by atoms with E-state index < -0.39 is 27.8 Å². The topological polar surface area (TPSA) is 30.8 Å². The molecule has 2 rings (SSSR count). The predicted molar refractivity (Wildman–Crippen MR) is 107 cm³/mol. The van der Waals surface area contributed by atoms with Crippen LogP contribution in [0, 0.1) is 17.5 Å². The van der Waals surface area contributed by atoms with E-state index in [1.54, 1.807) is 0 Å². The highest BCUT2D eigenvalue weighted by molar-refractivity contribution is 8.28. The highest BCUT2D eigenvalue weighted by Crippen LogP contribution is 2.38. The van der Waals surface area contributed by atoms with Crippen molar-refractivity contribution in [3.63, 3.8) is 0 Å². The molecule has 0 bridgehead atoms. The Morgan fingerprint density at radius 3 is 2.07 bits per heavy atom. The molecule has 0 atom stereocenters. The largest absolute Gasteiger partial charge is 0.454 e. The van der Waals surface area contributed by atoms with Crippen LogP contribution in [0.1, 0.15) is 19.4 Å². The third-order valence-corrected chi connectivity index (χ3v) is 3.47. The standard InChI is InChI=1S/C18H18F3NO2S.C2H6/c1-12(24-25(2,3)4)22-11-13-9-14(19)5-7-17(13)23-18-8-6-15(20)10-16(18)21;1-2/h5-11H,1H2,2-4H3;1-2H3/b22-11+;. The lowest BCUT2D eigenvalue weighted by molar-refractivity contribution is 0.436. The Bertz CT molecular complexity index is 817. The van der Waals surface area contributed by atoms with Crippen molar-refractivity contribution in [1.29, 1.82) is 0 Å². The van der Waals surface area contributed by atoms with Gasteiger partial charge in [-0.2, -0.15) is 0 Å². The number of ether oxygens (including phenoxy) is 1. The number of rotatable bonds is 6. The third kappa shape index (κ3) is 7.78. The zero-order chi connectivity index (χ0) is 20.6. The third-order valence-electron chi connectivity index (χ3n) is 2.78. The second kappa shape index (κ2) is 10.1. The van der Waals surface area contributed by atoms with Crippen molar-refractivity contribution in [2.45, 2.75) is 13.8 Å². The Hall–Kier alpha value is -2.41. The molecule has 0 aliphatic rings. The van der Waals surface area contributed by atoms with E-state index in [4.69, 9.17) is 8.92 Å². The van der Waals surface area contributed by atoms with Crippen LogP contribution in [-0.4, -0.2) is 25.0 Å². The van der Waals surface area contributed by atoms with Crippen LogP contribution in [0.4, 0.5) is 13.2 Å². The minimum absolute atomic E-state index is 0.159. The molecule has 27 heavy (non-hydrogen) atoms. The van der Waals surface area contributed by atoms with E-state index in [2.05, 4.69) is 11.6 Å². The van der Waals surface area contributed by atoms with Crippen molar-refractivity contribution in [2.24, 2.45) is 4.99 Å². The van der Waals surface area contributed by atoms with Crippen LogP contribution < -0.4 is 4.74 Å². The van der Waals surface area contributed by atoms with Crippen molar-refractivity contribution in [2.75, 3.05) is 18.8 Å². The Labute approximate surface area is 160 Å². The number of hydrogen-bond donors (Lipinski definition) is 0. The molecule has 0 N–H and O–H groups in total. The van der Waals surface area contributed by atoms with Crippen molar-refractivity contribution >= 4 is 16.5 Å². The molecule has 0 aliphatic heterocycles. The van der Waals surface area contributed by atoms with Gasteiger partial charge in [0.2, 0.25) is 5.88 Å². The lowest BCUT2D eigenvalue weighted by atomic mass is 10.2. The summed E-state index contributed by atoms with van der Waals surface area (Å²) in [5.74, 6) is -1.95. The molecular weight excluding hydrogens is 375 g/mol. The van der Waals surface area contributed by atoms with Gasteiger partial charge < -0.3 is 8.92 Å². The maximum Gasteiger partial charge on any atom is 0.217 e. The summed E-state index contributed by atoms with van der Waals surface area (Å²) in [7, 11) is -1.31. The van der Waals surface area contributed by atoms with Crippen LogP contribution in [0.3, 0.4) is 0 Å². The summed E-state index contributed by atoms with van der Waals surface area (Å²) in [6, 6.07) is 6.60. The summed E-state index contributed by atoms with van der Waals surface area (Å²) in [5.41, 5.74) is 0.261. The Balaban J connectivity index is 0.00000176. The molecule has 2 aromatic carbocycles. The van der Waals surface area contributed by atoms with Gasteiger partial charge in [0.25, 0.3) is 0 Å². The monoisotopic (exact) mass is 399 g/mol. The summed E-state index contributed by atoms with van der Waals surface area (Å²) < 4.78 is 51.2. The lowest BCUT2D eigenvalue weighted by Crippen LogP contribution is -1.98. The molecule has 0 amide bonds. The first-order valence-corrected chi connectivity index (χ1v) is 11.0. The van der Waals surface area contributed by atoms with Crippen LogP contribution in [0.15, 0.2) is 53.9 Å². The van der Waals surface area contributed by atoms with E-state index in [1.165, 1.54) is 24.4 Å². The molecule has 3 nitrogen and oxygen atoms in total. The van der Waals surface area contributed by atoms with Gasteiger partial charge in [-0.25, -0.2) is 18.2 Å². The summed E-state index contributed by atoms with van der Waals surface area (Å²) >= 11 is 0. The Kier molecular flexibility index (Phi) is 8.43. The minimum atomic E-state index is -1.31. The van der Waals surface area contributed by atoms with Gasteiger partial charge in [-0.1, -0.05) is 24.2 Å². The van der Waals surface area contributed by atoms with E-state index in [-0.39, 0.29) is 22.9 Å². The van der Waals surface area contributed by atoms with Crippen LogP contribution >= 0.6 is 10.3 Å². The SMILES string of the molecule is C=C(/N=C/c1cc(F)ccc1Oc1ccc(F)cc1F)OS(C)(C)C.CC. The van der Waals surface area contributed by atoms with Gasteiger partial charge in [-0.3, -0.25) is 0 Å². The molecule has 0 saturated heterocycles. The van der Waals surface area contributed by atoms with Gasteiger partial charge in [0.15, 0.2) is 11.6 Å². The molecule has 7 heteroatoms. The normalized spacial score (nSPS) is 11.6. The number of benzene rings is 2. The highest BCUT2D eigenvalue weighted by Gasteiger charge is 2.11. The molecule has 0 aromatic heterocycles. The number of halogens is 3. The quantitative estimate of drug-likeness (QED) is 0.413. The van der Waals surface area contributed by atoms with Crippen LogP contribution in [0.5, 0.6) is 11.5 Å². The van der Waals surface area contributed by atoms with Gasteiger partial charge >= 0.3 is 0 Å². The van der Waals surface area contributed by atoms with Crippen LogP contribution in [0.25, 0.3) is 0 Å². The summed E-state index contributed by atoms with van der Waals surface area (Å²) in [5, 5.41) is 0. The molecule has 2 aromatic rings. The molecule has 0 heterocycles. The second-order valence-corrected chi connectivity index (χ2v) is 9.44. The molecule has 0 unspecified atom stereocenters. The molecule has 148 valence electrons. The summed E-state index contributed by atoms with van der Waals surface area (Å²) in [6.45, 7) is 7.68. The molecule has 0 radical (unpaired) electrons. The van der Waals surface area contributed by atoms with Crippen LogP contribution in [0.2, 0.25) is 0 Å². The molecule has 0 fully saturated rings. The van der Waals surface area contributed by atoms with E-state index >= 15 is 0 Å².